The SMILES string of the molecule is COc1cccc2c1oc(=O)c1sc3ccccc3c12. The number of thiophene rings is 1. The molecule has 2 heterocycles. The molecule has 0 aliphatic carbocycles. The van der Waals surface area contributed by atoms with Crippen molar-refractivity contribution in [2.24, 2.45) is 0 Å². The summed E-state index contributed by atoms with van der Waals surface area (Å²) < 4.78 is 12.5. The molecule has 0 atom stereocenters. The van der Waals surface area contributed by atoms with Crippen LogP contribution in [0.5, 0.6) is 5.75 Å². The molecule has 0 radical (unpaired) electrons. The lowest BCUT2D eigenvalue weighted by Gasteiger charge is -2.04. The molecule has 0 spiro atoms. The van der Waals surface area contributed by atoms with Crippen LogP contribution in [-0.2, 0) is 0 Å². The average Bonchev–Trinajstić information content (AvgIpc) is 2.87. The molecular formula is C16H10O3S. The second-order valence-electron chi connectivity index (χ2n) is 4.53. The van der Waals surface area contributed by atoms with E-state index < -0.39 is 0 Å². The Labute approximate surface area is 118 Å². The van der Waals surface area contributed by atoms with Crippen molar-refractivity contribution >= 4 is 42.5 Å². The minimum absolute atomic E-state index is 0.307. The largest absolute Gasteiger partial charge is 0.493 e. The Kier molecular flexibility index (Phi) is 2.35. The molecule has 0 saturated heterocycles. The summed E-state index contributed by atoms with van der Waals surface area (Å²) in [6.07, 6.45) is 0. The maximum Gasteiger partial charge on any atom is 0.354 e. The first-order valence-corrected chi connectivity index (χ1v) is 7.02. The zero-order valence-electron chi connectivity index (χ0n) is 10.7. The third-order valence-electron chi connectivity index (χ3n) is 3.44. The molecule has 0 saturated carbocycles. The molecule has 3 nitrogen and oxygen atoms in total. The van der Waals surface area contributed by atoms with E-state index in [1.807, 2.05) is 36.4 Å². The number of fused-ring (bicyclic) bond motifs is 5. The highest BCUT2D eigenvalue weighted by Crippen LogP contribution is 2.38. The average molecular weight is 282 g/mol. The van der Waals surface area contributed by atoms with Gasteiger partial charge in [0.1, 0.15) is 4.70 Å². The molecule has 4 rings (SSSR count). The van der Waals surface area contributed by atoms with E-state index >= 15 is 0 Å². The van der Waals surface area contributed by atoms with Crippen molar-refractivity contribution in [3.05, 3.63) is 52.9 Å². The maximum atomic E-state index is 12.2. The van der Waals surface area contributed by atoms with Gasteiger partial charge in [-0.15, -0.1) is 11.3 Å². The number of benzene rings is 2. The van der Waals surface area contributed by atoms with Crippen LogP contribution in [0, 0.1) is 0 Å². The minimum atomic E-state index is -0.307. The summed E-state index contributed by atoms with van der Waals surface area (Å²) in [5.41, 5.74) is 0.203. The molecule has 2 aromatic carbocycles. The Morgan fingerprint density at radius 2 is 1.85 bits per heavy atom. The molecule has 0 aliphatic rings. The third kappa shape index (κ3) is 1.42. The van der Waals surface area contributed by atoms with E-state index in [2.05, 4.69) is 0 Å². The number of methoxy groups -OCH3 is 1. The minimum Gasteiger partial charge on any atom is -0.493 e. The number of rotatable bonds is 1. The van der Waals surface area contributed by atoms with Gasteiger partial charge in [-0.25, -0.2) is 4.79 Å². The fourth-order valence-corrected chi connectivity index (χ4v) is 3.67. The summed E-state index contributed by atoms with van der Waals surface area (Å²) >= 11 is 1.47. The second-order valence-corrected chi connectivity index (χ2v) is 5.58. The van der Waals surface area contributed by atoms with Crippen molar-refractivity contribution in [3.8, 4) is 5.75 Å². The van der Waals surface area contributed by atoms with Gasteiger partial charge in [0.15, 0.2) is 11.3 Å². The number of hydrogen-bond donors (Lipinski definition) is 0. The first kappa shape index (κ1) is 11.5. The normalized spacial score (nSPS) is 11.4. The van der Waals surface area contributed by atoms with E-state index in [0.717, 1.165) is 20.9 Å². The van der Waals surface area contributed by atoms with Crippen molar-refractivity contribution in [2.75, 3.05) is 7.11 Å². The van der Waals surface area contributed by atoms with Gasteiger partial charge in [-0.05, 0) is 12.1 Å². The van der Waals surface area contributed by atoms with Crippen molar-refractivity contribution in [1.82, 2.24) is 0 Å². The van der Waals surface area contributed by atoms with Crippen molar-refractivity contribution in [3.63, 3.8) is 0 Å². The molecule has 0 amide bonds. The van der Waals surface area contributed by atoms with Crippen molar-refractivity contribution in [2.45, 2.75) is 0 Å². The van der Waals surface area contributed by atoms with E-state index in [9.17, 15) is 4.79 Å². The highest BCUT2D eigenvalue weighted by molar-refractivity contribution is 7.25. The standard InChI is InChI=1S/C16H10O3S/c1-18-11-7-4-6-10-13-9-5-2-3-8-12(9)20-15(13)16(17)19-14(10)11/h2-8H,1H3. The van der Waals surface area contributed by atoms with E-state index in [0.29, 0.717) is 16.0 Å². The molecule has 2 aromatic heterocycles. The molecule has 0 fully saturated rings. The number of ether oxygens (including phenoxy) is 1. The number of para-hydroxylation sites is 1. The van der Waals surface area contributed by atoms with Gasteiger partial charge in [0.2, 0.25) is 0 Å². The zero-order chi connectivity index (χ0) is 13.7. The summed E-state index contributed by atoms with van der Waals surface area (Å²) in [4.78, 5) is 12.2. The van der Waals surface area contributed by atoms with Crippen LogP contribution in [-0.4, -0.2) is 7.11 Å². The monoisotopic (exact) mass is 282 g/mol. The van der Waals surface area contributed by atoms with Crippen LogP contribution in [0.1, 0.15) is 0 Å². The van der Waals surface area contributed by atoms with E-state index in [-0.39, 0.29) is 5.63 Å². The van der Waals surface area contributed by atoms with Gasteiger partial charge in [0.25, 0.3) is 0 Å². The highest BCUT2D eigenvalue weighted by atomic mass is 32.1. The lowest BCUT2D eigenvalue weighted by Crippen LogP contribution is -1.98. The molecule has 98 valence electrons. The molecule has 0 N–H and O–H groups in total. The molecule has 0 bridgehead atoms. The number of hydrogen-bond acceptors (Lipinski definition) is 4. The van der Waals surface area contributed by atoms with Crippen LogP contribution >= 0.6 is 11.3 Å². The Morgan fingerprint density at radius 1 is 1.05 bits per heavy atom. The van der Waals surface area contributed by atoms with Crippen LogP contribution in [0.2, 0.25) is 0 Å². The van der Waals surface area contributed by atoms with Crippen LogP contribution in [0.15, 0.2) is 51.7 Å². The van der Waals surface area contributed by atoms with Gasteiger partial charge in [-0.1, -0.05) is 30.3 Å². The topological polar surface area (TPSA) is 39.4 Å². The van der Waals surface area contributed by atoms with Gasteiger partial charge < -0.3 is 9.15 Å². The van der Waals surface area contributed by atoms with Crippen molar-refractivity contribution < 1.29 is 9.15 Å². The first-order valence-electron chi connectivity index (χ1n) is 6.20. The van der Waals surface area contributed by atoms with E-state index in [4.69, 9.17) is 9.15 Å². The zero-order valence-corrected chi connectivity index (χ0v) is 11.5. The summed E-state index contributed by atoms with van der Waals surface area (Å²) in [6, 6.07) is 13.7. The lowest BCUT2D eigenvalue weighted by molar-refractivity contribution is 0.407. The molecule has 4 aromatic rings. The molecular weight excluding hydrogens is 272 g/mol. The van der Waals surface area contributed by atoms with Gasteiger partial charge in [-0.3, -0.25) is 0 Å². The van der Waals surface area contributed by atoms with Gasteiger partial charge in [0, 0.05) is 20.9 Å². The van der Waals surface area contributed by atoms with Crippen LogP contribution in [0.3, 0.4) is 0 Å². The summed E-state index contributed by atoms with van der Waals surface area (Å²) in [5, 5.41) is 2.95. The molecule has 20 heavy (non-hydrogen) atoms. The third-order valence-corrected chi connectivity index (χ3v) is 4.59. The first-order chi connectivity index (χ1) is 9.79. The molecule has 4 heteroatoms. The van der Waals surface area contributed by atoms with Gasteiger partial charge >= 0.3 is 5.63 Å². The smallest absolute Gasteiger partial charge is 0.354 e. The summed E-state index contributed by atoms with van der Waals surface area (Å²) in [5.74, 6) is 0.580. The van der Waals surface area contributed by atoms with Crippen molar-refractivity contribution in [1.29, 1.82) is 0 Å². The fourth-order valence-electron chi connectivity index (χ4n) is 2.57. The summed E-state index contributed by atoms with van der Waals surface area (Å²) in [6.45, 7) is 0. The second kappa shape index (κ2) is 4.08. The fraction of sp³-hybridized carbons (Fsp3) is 0.0625. The molecule has 0 unspecified atom stereocenters. The Morgan fingerprint density at radius 3 is 2.70 bits per heavy atom. The predicted molar refractivity (Wildman–Crippen MR) is 81.9 cm³/mol. The maximum absolute atomic E-state index is 12.2. The van der Waals surface area contributed by atoms with Crippen LogP contribution in [0.25, 0.3) is 31.1 Å². The lowest BCUT2D eigenvalue weighted by atomic mass is 10.1. The summed E-state index contributed by atoms with van der Waals surface area (Å²) in [7, 11) is 1.57. The quantitative estimate of drug-likeness (QED) is 0.492. The predicted octanol–water partition coefficient (Wildman–Crippen LogP) is 4.17. The Balaban J connectivity index is 2.37. The van der Waals surface area contributed by atoms with E-state index in [1.165, 1.54) is 11.3 Å². The highest BCUT2D eigenvalue weighted by Gasteiger charge is 2.15. The molecule has 0 aliphatic heterocycles. The Hall–Kier alpha value is -2.33. The van der Waals surface area contributed by atoms with Gasteiger partial charge in [0.05, 0.1) is 7.11 Å². The van der Waals surface area contributed by atoms with Crippen LogP contribution in [0.4, 0.5) is 0 Å². The Bertz CT molecular complexity index is 1010. The van der Waals surface area contributed by atoms with Gasteiger partial charge in [-0.2, -0.15) is 0 Å². The van der Waals surface area contributed by atoms with Crippen LogP contribution < -0.4 is 10.4 Å². The van der Waals surface area contributed by atoms with E-state index in [1.54, 1.807) is 13.2 Å².